The number of aromatic nitrogens is 1. The Hall–Kier alpha value is -2.79. The van der Waals surface area contributed by atoms with Gasteiger partial charge in [0.1, 0.15) is 11.7 Å². The molecule has 4 aromatic rings. The Balaban J connectivity index is 1.45. The van der Waals surface area contributed by atoms with Gasteiger partial charge in [0.15, 0.2) is 5.13 Å². The van der Waals surface area contributed by atoms with E-state index in [2.05, 4.69) is 5.32 Å². The Morgan fingerprint density at radius 2 is 1.65 bits per heavy atom. The number of hydrogen-bond donors (Lipinski definition) is 1. The van der Waals surface area contributed by atoms with Crippen molar-refractivity contribution >= 4 is 68.6 Å². The van der Waals surface area contributed by atoms with Crippen LogP contribution in [0, 0.1) is 0 Å². The molecule has 34 heavy (non-hydrogen) atoms. The summed E-state index contributed by atoms with van der Waals surface area (Å²) >= 11 is 6.16. The van der Waals surface area contributed by atoms with Crippen molar-refractivity contribution in [1.29, 1.82) is 0 Å². The van der Waals surface area contributed by atoms with Crippen LogP contribution in [0.25, 0.3) is 20.3 Å². The molecule has 0 saturated heterocycles. The van der Waals surface area contributed by atoms with Gasteiger partial charge in [-0.2, -0.15) is 11.8 Å². The minimum atomic E-state index is -0.917. The van der Waals surface area contributed by atoms with Crippen molar-refractivity contribution in [1.82, 2.24) is 9.88 Å². The number of rotatable bonds is 8. The zero-order chi connectivity index (χ0) is 23.7. The van der Waals surface area contributed by atoms with Crippen molar-refractivity contribution in [2.75, 3.05) is 17.3 Å². The lowest BCUT2D eigenvalue weighted by atomic mass is 10.1. The molecular formula is C24H19N3O3S4. The Labute approximate surface area is 212 Å². The maximum absolute atomic E-state index is 13.4. The van der Waals surface area contributed by atoms with Gasteiger partial charge < -0.3 is 5.32 Å². The summed E-state index contributed by atoms with van der Waals surface area (Å²) in [5.41, 5.74) is 1.49. The van der Waals surface area contributed by atoms with Crippen LogP contribution < -0.4 is 5.32 Å². The lowest BCUT2D eigenvalue weighted by Crippen LogP contribution is -2.47. The van der Waals surface area contributed by atoms with Crippen molar-refractivity contribution in [3.63, 3.8) is 0 Å². The minimum absolute atomic E-state index is 0.337. The summed E-state index contributed by atoms with van der Waals surface area (Å²) in [5.74, 6) is -0.642. The van der Waals surface area contributed by atoms with Crippen LogP contribution in [0.5, 0.6) is 0 Å². The van der Waals surface area contributed by atoms with E-state index in [1.54, 1.807) is 58.7 Å². The number of carbonyl (C=O) groups is 3. The topological polar surface area (TPSA) is 79.4 Å². The smallest absolute Gasteiger partial charge is 0.262 e. The molecule has 0 aliphatic carbocycles. The van der Waals surface area contributed by atoms with Crippen LogP contribution in [0.3, 0.4) is 0 Å². The summed E-state index contributed by atoms with van der Waals surface area (Å²) < 4.78 is 0. The molecule has 0 radical (unpaired) electrons. The Morgan fingerprint density at radius 3 is 2.24 bits per heavy atom. The summed E-state index contributed by atoms with van der Waals surface area (Å²) in [5, 5.41) is 7.35. The number of thiazole rings is 1. The lowest BCUT2D eigenvalue weighted by Gasteiger charge is -2.24. The number of fused-ring (bicyclic) bond motifs is 1. The molecule has 1 aromatic carbocycles. The summed E-state index contributed by atoms with van der Waals surface area (Å²) in [6.45, 7) is 0. The van der Waals surface area contributed by atoms with Gasteiger partial charge in [-0.15, -0.1) is 22.7 Å². The quantitative estimate of drug-likeness (QED) is 0.287. The van der Waals surface area contributed by atoms with E-state index in [4.69, 9.17) is 4.98 Å². The first kappa shape index (κ1) is 23.0. The predicted octanol–water partition coefficient (Wildman–Crippen LogP) is 5.96. The van der Waals surface area contributed by atoms with Crippen LogP contribution in [-0.4, -0.2) is 45.7 Å². The number of nitrogens with one attached hydrogen (secondary N) is 1. The minimum Gasteiger partial charge on any atom is -0.300 e. The summed E-state index contributed by atoms with van der Waals surface area (Å²) in [4.78, 5) is 48.4. The third-order valence-corrected chi connectivity index (χ3v) is 8.93. The van der Waals surface area contributed by atoms with E-state index >= 15 is 0 Å². The normalized spacial score (nSPS) is 13.9. The van der Waals surface area contributed by atoms with Crippen LogP contribution in [-0.2, 0) is 4.79 Å². The molecule has 172 valence electrons. The van der Waals surface area contributed by atoms with Crippen LogP contribution in [0.1, 0.15) is 27.1 Å². The second-order valence-corrected chi connectivity index (χ2v) is 11.3. The molecule has 3 amide bonds. The molecular weight excluding hydrogens is 507 g/mol. The van der Waals surface area contributed by atoms with Gasteiger partial charge in [-0.05, 0) is 53.5 Å². The van der Waals surface area contributed by atoms with Crippen molar-refractivity contribution < 1.29 is 14.4 Å². The van der Waals surface area contributed by atoms with Crippen molar-refractivity contribution in [2.45, 2.75) is 12.5 Å². The number of amides is 3. The lowest BCUT2D eigenvalue weighted by molar-refractivity contribution is -0.120. The molecule has 1 unspecified atom stereocenters. The van der Waals surface area contributed by atoms with Crippen LogP contribution in [0.15, 0.2) is 59.3 Å². The van der Waals surface area contributed by atoms with Gasteiger partial charge >= 0.3 is 0 Å². The van der Waals surface area contributed by atoms with Gasteiger partial charge in [0, 0.05) is 4.88 Å². The van der Waals surface area contributed by atoms with E-state index in [1.165, 1.54) is 11.3 Å². The number of nitrogens with zero attached hydrogens (tertiary/aromatic N) is 2. The zero-order valence-electron chi connectivity index (χ0n) is 18.0. The summed E-state index contributed by atoms with van der Waals surface area (Å²) in [6.07, 6.45) is 2.29. The SMILES string of the molecule is CSCCC(C(=O)Nc1nc(-c2cccs2)c(-c2cccs2)s1)N1C(=O)c2ccccc2C1=O. The third kappa shape index (κ3) is 4.22. The first-order chi connectivity index (χ1) is 16.6. The van der Waals surface area contributed by atoms with E-state index in [0.29, 0.717) is 28.4 Å². The maximum atomic E-state index is 13.4. The predicted molar refractivity (Wildman–Crippen MR) is 141 cm³/mol. The molecule has 6 nitrogen and oxygen atoms in total. The van der Waals surface area contributed by atoms with E-state index in [0.717, 1.165) is 25.2 Å². The molecule has 10 heteroatoms. The Bertz CT molecular complexity index is 1260. The number of benzene rings is 1. The van der Waals surface area contributed by atoms with Gasteiger partial charge in [-0.3, -0.25) is 19.3 Å². The van der Waals surface area contributed by atoms with E-state index < -0.39 is 23.8 Å². The molecule has 0 bridgehead atoms. The number of hydrogen-bond acceptors (Lipinski definition) is 8. The molecule has 1 N–H and O–H groups in total. The highest BCUT2D eigenvalue weighted by atomic mass is 32.2. The van der Waals surface area contributed by atoms with Gasteiger partial charge in [-0.1, -0.05) is 35.6 Å². The number of imide groups is 1. The number of carbonyl (C=O) groups excluding carboxylic acids is 3. The van der Waals surface area contributed by atoms with Gasteiger partial charge in [-0.25, -0.2) is 4.98 Å². The van der Waals surface area contributed by atoms with E-state index in [1.807, 2.05) is 41.3 Å². The average Bonchev–Trinajstić information content (AvgIpc) is 3.63. The maximum Gasteiger partial charge on any atom is 0.262 e. The monoisotopic (exact) mass is 525 g/mol. The number of thioether (sulfide) groups is 1. The molecule has 1 aliphatic heterocycles. The van der Waals surface area contributed by atoms with Gasteiger partial charge in [0.05, 0.1) is 20.9 Å². The molecule has 1 aliphatic rings. The molecule has 0 fully saturated rings. The second kappa shape index (κ2) is 9.83. The fourth-order valence-electron chi connectivity index (χ4n) is 3.82. The molecule has 0 saturated carbocycles. The first-order valence-corrected chi connectivity index (χ1v) is 14.4. The van der Waals surface area contributed by atoms with Crippen molar-refractivity contribution in [3.05, 3.63) is 70.4 Å². The number of thiophene rings is 2. The third-order valence-electron chi connectivity index (χ3n) is 5.39. The fraction of sp³-hybridized carbons (Fsp3) is 0.167. The van der Waals surface area contributed by atoms with E-state index in [-0.39, 0.29) is 0 Å². The number of anilines is 1. The summed E-state index contributed by atoms with van der Waals surface area (Å²) in [6, 6.07) is 13.8. The van der Waals surface area contributed by atoms with Crippen LogP contribution in [0.4, 0.5) is 5.13 Å². The largest absolute Gasteiger partial charge is 0.300 e. The Morgan fingerprint density at radius 1 is 1.00 bits per heavy atom. The highest BCUT2D eigenvalue weighted by molar-refractivity contribution is 7.98. The summed E-state index contributed by atoms with van der Waals surface area (Å²) in [7, 11) is 0. The van der Waals surface area contributed by atoms with E-state index in [9.17, 15) is 14.4 Å². The average molecular weight is 526 g/mol. The van der Waals surface area contributed by atoms with Gasteiger partial charge in [0.2, 0.25) is 5.91 Å². The molecule has 5 rings (SSSR count). The van der Waals surface area contributed by atoms with Crippen molar-refractivity contribution in [3.8, 4) is 20.3 Å². The zero-order valence-corrected chi connectivity index (χ0v) is 21.3. The molecule has 0 spiro atoms. The highest BCUT2D eigenvalue weighted by Gasteiger charge is 2.42. The fourth-order valence-corrected chi connectivity index (χ4v) is 6.90. The standard InChI is InChI=1S/C24H19N3O3S4/c1-31-13-10-16(27-22(29)14-6-2-3-7-15(14)23(27)30)21(28)26-24-25-19(17-8-4-11-32-17)20(34-24)18-9-5-12-33-18/h2-9,11-12,16H,10,13H2,1H3,(H,25,26,28). The van der Waals surface area contributed by atoms with Crippen LogP contribution in [0.2, 0.25) is 0 Å². The van der Waals surface area contributed by atoms with Gasteiger partial charge in [0.25, 0.3) is 11.8 Å². The Kier molecular flexibility index (Phi) is 6.64. The van der Waals surface area contributed by atoms with Crippen molar-refractivity contribution in [2.24, 2.45) is 0 Å². The van der Waals surface area contributed by atoms with Crippen LogP contribution >= 0.6 is 45.8 Å². The second-order valence-electron chi connectivity index (χ2n) is 7.46. The molecule has 1 atom stereocenters. The molecule has 3 aromatic heterocycles. The molecule has 4 heterocycles. The first-order valence-electron chi connectivity index (χ1n) is 10.4. The highest BCUT2D eigenvalue weighted by Crippen LogP contribution is 2.42.